The van der Waals surface area contributed by atoms with E-state index in [1.165, 1.54) is 20.6 Å². The summed E-state index contributed by atoms with van der Waals surface area (Å²) >= 11 is 0. The third-order valence-electron chi connectivity index (χ3n) is 4.33. The van der Waals surface area contributed by atoms with Gasteiger partial charge in [-0.25, -0.2) is 4.79 Å². The Bertz CT molecular complexity index is 758. The molecular formula is C17H26N4O5S. The summed E-state index contributed by atoms with van der Waals surface area (Å²) in [4.78, 5) is 24.8. The first kappa shape index (κ1) is 21.1. The maximum Gasteiger partial charge on any atom is 0.409 e. The van der Waals surface area contributed by atoms with Gasteiger partial charge < -0.3 is 15.0 Å². The Morgan fingerprint density at radius 3 is 2.26 bits per heavy atom. The molecule has 1 aliphatic heterocycles. The first-order valence-electron chi connectivity index (χ1n) is 8.73. The van der Waals surface area contributed by atoms with Gasteiger partial charge in [0.2, 0.25) is 0 Å². The lowest BCUT2D eigenvalue weighted by Crippen LogP contribution is -2.53. The number of nitrogens with zero attached hydrogens (tertiary/aromatic N) is 3. The van der Waals surface area contributed by atoms with Crippen LogP contribution in [-0.4, -0.2) is 80.8 Å². The van der Waals surface area contributed by atoms with E-state index in [9.17, 15) is 18.0 Å². The van der Waals surface area contributed by atoms with Crippen molar-refractivity contribution in [3.63, 3.8) is 0 Å². The normalized spacial score (nSPS) is 15.6. The quantitative estimate of drug-likeness (QED) is 0.752. The fourth-order valence-electron chi connectivity index (χ4n) is 2.76. The van der Waals surface area contributed by atoms with Crippen LogP contribution in [0.1, 0.15) is 22.8 Å². The molecule has 0 atom stereocenters. The van der Waals surface area contributed by atoms with E-state index in [4.69, 9.17) is 4.74 Å². The zero-order chi connectivity index (χ0) is 20.0. The summed E-state index contributed by atoms with van der Waals surface area (Å²) < 4.78 is 33.1. The van der Waals surface area contributed by atoms with Crippen LogP contribution in [0.4, 0.5) is 4.79 Å². The van der Waals surface area contributed by atoms with Gasteiger partial charge in [-0.2, -0.15) is 17.0 Å². The highest BCUT2D eigenvalue weighted by atomic mass is 32.2. The summed E-state index contributed by atoms with van der Waals surface area (Å²) in [6, 6.07) is 6.78. The van der Waals surface area contributed by atoms with Crippen molar-refractivity contribution in [2.24, 2.45) is 0 Å². The second-order valence-electron chi connectivity index (χ2n) is 6.12. The lowest BCUT2D eigenvalue weighted by molar-refractivity contribution is 0.0924. The smallest absolute Gasteiger partial charge is 0.409 e. The minimum Gasteiger partial charge on any atom is -0.450 e. The van der Waals surface area contributed by atoms with Crippen LogP contribution in [0, 0.1) is 0 Å². The number of amides is 2. The lowest BCUT2D eigenvalue weighted by atomic mass is 10.1. The third-order valence-corrected chi connectivity index (χ3v) is 6.27. The predicted molar refractivity (Wildman–Crippen MR) is 100 cm³/mol. The second-order valence-corrected chi connectivity index (χ2v) is 8.16. The van der Waals surface area contributed by atoms with E-state index >= 15 is 0 Å². The Kier molecular flexibility index (Phi) is 7.17. The number of hydrogen-bond donors (Lipinski definition) is 1. The van der Waals surface area contributed by atoms with Gasteiger partial charge in [0.15, 0.2) is 0 Å². The molecule has 2 amide bonds. The molecule has 1 aromatic carbocycles. The fraction of sp³-hybridized carbons (Fsp3) is 0.529. The summed E-state index contributed by atoms with van der Waals surface area (Å²) in [5.41, 5.74) is 1.29. The lowest BCUT2D eigenvalue weighted by Gasteiger charge is -2.35. The number of carbonyl (C=O) groups is 2. The number of rotatable bonds is 6. The van der Waals surface area contributed by atoms with Gasteiger partial charge in [0.05, 0.1) is 6.61 Å². The molecule has 150 valence electrons. The summed E-state index contributed by atoms with van der Waals surface area (Å²) in [5, 5.41) is 2.54. The molecular weight excluding hydrogens is 372 g/mol. The van der Waals surface area contributed by atoms with E-state index in [0.29, 0.717) is 25.3 Å². The molecule has 0 radical (unpaired) electrons. The van der Waals surface area contributed by atoms with Crippen LogP contribution in [0.15, 0.2) is 24.3 Å². The Balaban J connectivity index is 1.96. The average Bonchev–Trinajstić information content (AvgIpc) is 2.68. The van der Waals surface area contributed by atoms with Crippen molar-refractivity contribution < 1.29 is 22.7 Å². The number of piperazine rings is 1. The van der Waals surface area contributed by atoms with Crippen molar-refractivity contribution in [1.82, 2.24) is 18.8 Å². The fourth-order valence-corrected chi connectivity index (χ4v) is 4.09. The van der Waals surface area contributed by atoms with Gasteiger partial charge in [0.1, 0.15) is 0 Å². The Labute approximate surface area is 160 Å². The first-order chi connectivity index (χ1) is 12.8. The summed E-state index contributed by atoms with van der Waals surface area (Å²) in [5.74, 6) is -0.193. The van der Waals surface area contributed by atoms with Crippen molar-refractivity contribution in [3.8, 4) is 0 Å². The molecule has 1 saturated heterocycles. The van der Waals surface area contributed by atoms with E-state index in [0.717, 1.165) is 5.56 Å². The summed E-state index contributed by atoms with van der Waals surface area (Å²) in [6.45, 7) is 3.25. The van der Waals surface area contributed by atoms with Crippen molar-refractivity contribution in [2.45, 2.75) is 13.5 Å². The van der Waals surface area contributed by atoms with Gasteiger partial charge in [0, 0.05) is 52.4 Å². The van der Waals surface area contributed by atoms with E-state index < -0.39 is 16.3 Å². The highest BCUT2D eigenvalue weighted by Crippen LogP contribution is 2.15. The van der Waals surface area contributed by atoms with Crippen LogP contribution in [-0.2, 0) is 21.5 Å². The Morgan fingerprint density at radius 1 is 1.15 bits per heavy atom. The molecule has 10 heteroatoms. The van der Waals surface area contributed by atoms with Gasteiger partial charge in [-0.05, 0) is 24.6 Å². The van der Waals surface area contributed by atoms with Crippen LogP contribution in [0.25, 0.3) is 0 Å². The zero-order valence-corrected chi connectivity index (χ0v) is 16.7. The molecule has 1 aromatic rings. The Hall–Kier alpha value is -2.17. The maximum atomic E-state index is 12.8. The third kappa shape index (κ3) is 5.18. The molecule has 1 N–H and O–H groups in total. The van der Waals surface area contributed by atoms with E-state index in [2.05, 4.69) is 5.32 Å². The molecule has 1 heterocycles. The molecule has 0 bridgehead atoms. The van der Waals surface area contributed by atoms with Crippen LogP contribution in [0.2, 0.25) is 0 Å². The molecule has 2 rings (SSSR count). The predicted octanol–water partition coefficient (Wildman–Crippen LogP) is 0.497. The van der Waals surface area contributed by atoms with E-state index in [1.807, 2.05) is 0 Å². The van der Waals surface area contributed by atoms with Crippen molar-refractivity contribution in [2.75, 3.05) is 46.9 Å². The highest BCUT2D eigenvalue weighted by Gasteiger charge is 2.32. The van der Waals surface area contributed by atoms with Gasteiger partial charge >= 0.3 is 6.09 Å². The molecule has 0 saturated carbocycles. The molecule has 1 aliphatic rings. The monoisotopic (exact) mass is 398 g/mol. The molecule has 0 aliphatic carbocycles. The van der Waals surface area contributed by atoms with Gasteiger partial charge in [0.25, 0.3) is 16.1 Å². The first-order valence-corrected chi connectivity index (χ1v) is 10.1. The number of ether oxygens (including phenoxy) is 1. The molecule has 1 fully saturated rings. The number of carbonyl (C=O) groups excluding carboxylic acids is 2. The molecule has 27 heavy (non-hydrogen) atoms. The van der Waals surface area contributed by atoms with Gasteiger partial charge in [-0.15, -0.1) is 0 Å². The van der Waals surface area contributed by atoms with Crippen LogP contribution >= 0.6 is 0 Å². The summed E-state index contributed by atoms with van der Waals surface area (Å²) in [7, 11) is -0.577. The van der Waals surface area contributed by atoms with Crippen molar-refractivity contribution in [3.05, 3.63) is 35.4 Å². The van der Waals surface area contributed by atoms with Crippen LogP contribution < -0.4 is 5.32 Å². The molecule has 0 aromatic heterocycles. The standard InChI is InChI=1S/C17H26N4O5S/c1-4-26-17(23)20-9-11-21(12-10-20)27(24,25)19(3)13-14-5-7-15(8-6-14)16(22)18-2/h5-8H,4,9-13H2,1-3H3,(H,18,22). The molecule has 0 spiro atoms. The van der Waals surface area contributed by atoms with Gasteiger partial charge in [-0.1, -0.05) is 12.1 Å². The number of hydrogen-bond acceptors (Lipinski definition) is 5. The second kappa shape index (κ2) is 9.16. The largest absolute Gasteiger partial charge is 0.450 e. The minimum atomic E-state index is -3.64. The van der Waals surface area contributed by atoms with Crippen LogP contribution in [0.3, 0.4) is 0 Å². The van der Waals surface area contributed by atoms with Crippen molar-refractivity contribution >= 4 is 22.2 Å². The Morgan fingerprint density at radius 2 is 1.74 bits per heavy atom. The molecule has 0 unspecified atom stereocenters. The SMILES string of the molecule is CCOC(=O)N1CCN(S(=O)(=O)N(C)Cc2ccc(C(=O)NC)cc2)CC1. The average molecular weight is 398 g/mol. The molecule has 9 nitrogen and oxygen atoms in total. The van der Waals surface area contributed by atoms with Crippen LogP contribution in [0.5, 0.6) is 0 Å². The van der Waals surface area contributed by atoms with Crippen molar-refractivity contribution in [1.29, 1.82) is 0 Å². The highest BCUT2D eigenvalue weighted by molar-refractivity contribution is 7.86. The van der Waals surface area contributed by atoms with E-state index in [-0.39, 0.29) is 25.5 Å². The topological polar surface area (TPSA) is 99.3 Å². The maximum absolute atomic E-state index is 12.8. The van der Waals surface area contributed by atoms with E-state index in [1.54, 1.807) is 38.2 Å². The number of benzene rings is 1. The number of nitrogens with one attached hydrogen (secondary N) is 1. The zero-order valence-electron chi connectivity index (χ0n) is 15.8. The van der Waals surface area contributed by atoms with Gasteiger partial charge in [-0.3, -0.25) is 4.79 Å². The minimum absolute atomic E-state index is 0.189. The summed E-state index contributed by atoms with van der Waals surface area (Å²) in [6.07, 6.45) is -0.417.